The van der Waals surface area contributed by atoms with Crippen LogP contribution in [0.2, 0.25) is 0 Å². The Morgan fingerprint density at radius 1 is 1.06 bits per heavy atom. The highest BCUT2D eigenvalue weighted by Crippen LogP contribution is 2.36. The lowest BCUT2D eigenvalue weighted by Gasteiger charge is -2.26. The lowest BCUT2D eigenvalue weighted by atomic mass is 9.78. The molecule has 0 aliphatic carbocycles. The van der Waals surface area contributed by atoms with E-state index in [2.05, 4.69) is 39.7 Å². The van der Waals surface area contributed by atoms with Gasteiger partial charge in [-0.05, 0) is 53.9 Å². The molecule has 5 nitrogen and oxygen atoms in total. The Morgan fingerprint density at radius 3 is 2.56 bits per heavy atom. The molecule has 2 atom stereocenters. The number of thiazole rings is 1. The van der Waals surface area contributed by atoms with Crippen LogP contribution in [0.4, 0.5) is 9.52 Å². The number of aromatic nitrogens is 3. The molecule has 0 radical (unpaired) electrons. The number of fused-ring (bicyclic) bond motifs is 1. The minimum absolute atomic E-state index is 0.0478. The number of rotatable bonds is 7. The molecule has 0 saturated carbocycles. The molecule has 1 N–H and O–H groups in total. The summed E-state index contributed by atoms with van der Waals surface area (Å²) in [6.07, 6.45) is 4.16. The highest BCUT2D eigenvalue weighted by molar-refractivity contribution is 7.13. The summed E-state index contributed by atoms with van der Waals surface area (Å²) in [4.78, 5) is 17.5. The Hall–Kier alpha value is -3.84. The van der Waals surface area contributed by atoms with Gasteiger partial charge in [-0.25, -0.2) is 14.1 Å². The minimum Gasteiger partial charge on any atom is -0.302 e. The van der Waals surface area contributed by atoms with Crippen molar-refractivity contribution >= 4 is 33.3 Å². The van der Waals surface area contributed by atoms with Crippen LogP contribution < -0.4 is 5.32 Å². The van der Waals surface area contributed by atoms with Crippen LogP contribution in [0.15, 0.2) is 90.6 Å². The van der Waals surface area contributed by atoms with E-state index in [9.17, 15) is 9.18 Å². The largest absolute Gasteiger partial charge is 0.302 e. The number of hydrogen-bond acceptors (Lipinski definition) is 4. The second-order valence-corrected chi connectivity index (χ2v) is 8.98. The number of anilines is 1. The highest BCUT2D eigenvalue weighted by Gasteiger charge is 2.30. The minimum atomic E-state index is -0.283. The van der Waals surface area contributed by atoms with Gasteiger partial charge < -0.3 is 5.32 Å². The SMILES string of the molecule is CCC(C(=O)Nc1nccs1)C(c1ccccc1)c1ccc2c(cnn2-c2ccc(F)cc2)c1. The summed E-state index contributed by atoms with van der Waals surface area (Å²) in [5.74, 6) is -0.746. The fourth-order valence-corrected chi connectivity index (χ4v) is 4.94. The molecule has 1 amide bonds. The van der Waals surface area contributed by atoms with E-state index in [-0.39, 0.29) is 23.6 Å². The first-order valence-electron chi connectivity index (χ1n) is 11.1. The fraction of sp³-hybridized carbons (Fsp3) is 0.148. The average molecular weight is 471 g/mol. The second-order valence-electron chi connectivity index (χ2n) is 8.08. The number of nitrogens with zero attached hydrogens (tertiary/aromatic N) is 3. The molecule has 5 aromatic rings. The first-order chi connectivity index (χ1) is 16.6. The molecule has 0 aliphatic rings. The predicted molar refractivity (Wildman–Crippen MR) is 134 cm³/mol. The molecule has 34 heavy (non-hydrogen) atoms. The maximum atomic E-state index is 13.4. The molecular weight excluding hydrogens is 447 g/mol. The quantitative estimate of drug-likeness (QED) is 0.299. The molecule has 2 aromatic heterocycles. The van der Waals surface area contributed by atoms with Gasteiger partial charge in [0.1, 0.15) is 5.82 Å². The third-order valence-corrected chi connectivity index (χ3v) is 6.71. The van der Waals surface area contributed by atoms with E-state index in [0.717, 1.165) is 27.7 Å². The summed E-state index contributed by atoms with van der Waals surface area (Å²) in [5, 5.41) is 10.9. The van der Waals surface area contributed by atoms with E-state index in [4.69, 9.17) is 0 Å². The molecule has 7 heteroatoms. The zero-order chi connectivity index (χ0) is 23.5. The summed E-state index contributed by atoms with van der Waals surface area (Å²) < 4.78 is 15.2. The molecule has 0 saturated heterocycles. The average Bonchev–Trinajstić information content (AvgIpc) is 3.53. The van der Waals surface area contributed by atoms with E-state index in [1.54, 1.807) is 29.2 Å². The monoisotopic (exact) mass is 470 g/mol. The number of carbonyl (C=O) groups is 1. The lowest BCUT2D eigenvalue weighted by Crippen LogP contribution is -2.28. The van der Waals surface area contributed by atoms with Crippen molar-refractivity contribution < 1.29 is 9.18 Å². The highest BCUT2D eigenvalue weighted by atomic mass is 32.1. The van der Waals surface area contributed by atoms with Crippen LogP contribution >= 0.6 is 11.3 Å². The molecular formula is C27H23FN4OS. The summed E-state index contributed by atoms with van der Waals surface area (Å²) in [6.45, 7) is 2.03. The van der Waals surface area contributed by atoms with Crippen molar-refractivity contribution in [2.24, 2.45) is 5.92 Å². The van der Waals surface area contributed by atoms with Crippen molar-refractivity contribution in [2.75, 3.05) is 5.32 Å². The number of benzene rings is 3. The third kappa shape index (κ3) is 4.34. The van der Waals surface area contributed by atoms with E-state index in [1.165, 1.54) is 23.5 Å². The third-order valence-electron chi connectivity index (χ3n) is 6.02. The van der Waals surface area contributed by atoms with Gasteiger partial charge in [0.2, 0.25) is 5.91 Å². The maximum absolute atomic E-state index is 13.4. The lowest BCUT2D eigenvalue weighted by molar-refractivity contribution is -0.120. The molecule has 3 aromatic carbocycles. The molecule has 0 fully saturated rings. The fourth-order valence-electron chi connectivity index (χ4n) is 4.41. The van der Waals surface area contributed by atoms with Crippen LogP contribution in [0.3, 0.4) is 0 Å². The van der Waals surface area contributed by atoms with Crippen LogP contribution in [-0.2, 0) is 4.79 Å². The summed E-state index contributed by atoms with van der Waals surface area (Å²) >= 11 is 1.41. The van der Waals surface area contributed by atoms with Gasteiger partial charge in [-0.15, -0.1) is 11.3 Å². The first kappa shape index (κ1) is 22.0. The van der Waals surface area contributed by atoms with Gasteiger partial charge in [-0.2, -0.15) is 5.10 Å². The van der Waals surface area contributed by atoms with Crippen molar-refractivity contribution in [3.8, 4) is 5.69 Å². The van der Waals surface area contributed by atoms with E-state index in [0.29, 0.717) is 11.6 Å². The predicted octanol–water partition coefficient (Wildman–Crippen LogP) is 6.42. The topological polar surface area (TPSA) is 59.8 Å². The van der Waals surface area contributed by atoms with Crippen LogP contribution in [0.1, 0.15) is 30.4 Å². The van der Waals surface area contributed by atoms with Crippen molar-refractivity contribution in [1.29, 1.82) is 0 Å². The summed E-state index contributed by atoms with van der Waals surface area (Å²) in [7, 11) is 0. The van der Waals surface area contributed by atoms with Gasteiger partial charge in [0.25, 0.3) is 0 Å². The van der Waals surface area contributed by atoms with Gasteiger partial charge in [0, 0.05) is 28.8 Å². The van der Waals surface area contributed by atoms with Crippen molar-refractivity contribution in [2.45, 2.75) is 19.3 Å². The van der Waals surface area contributed by atoms with Crippen LogP contribution in [0.25, 0.3) is 16.6 Å². The zero-order valence-corrected chi connectivity index (χ0v) is 19.4. The number of halogens is 1. The van der Waals surface area contributed by atoms with Gasteiger partial charge in [-0.3, -0.25) is 4.79 Å². The Labute approximate surface area is 200 Å². The molecule has 0 spiro atoms. The zero-order valence-electron chi connectivity index (χ0n) is 18.6. The van der Waals surface area contributed by atoms with Crippen LogP contribution in [0.5, 0.6) is 0 Å². The molecule has 170 valence electrons. The molecule has 2 unspecified atom stereocenters. The van der Waals surface area contributed by atoms with E-state index < -0.39 is 0 Å². The smallest absolute Gasteiger partial charge is 0.230 e. The van der Waals surface area contributed by atoms with Crippen LogP contribution in [-0.4, -0.2) is 20.7 Å². The first-order valence-corrected chi connectivity index (χ1v) is 12.0. The van der Waals surface area contributed by atoms with Gasteiger partial charge in [-0.1, -0.05) is 43.3 Å². The Bertz CT molecular complexity index is 1400. The molecule has 5 rings (SSSR count). The summed E-state index contributed by atoms with van der Waals surface area (Å²) in [5.41, 5.74) is 3.83. The molecule has 0 bridgehead atoms. The molecule has 2 heterocycles. The van der Waals surface area contributed by atoms with Crippen molar-refractivity contribution in [3.05, 3.63) is 108 Å². The Balaban J connectivity index is 1.55. The molecule has 0 aliphatic heterocycles. The number of amides is 1. The Kier molecular flexibility index (Phi) is 6.18. The normalized spacial score (nSPS) is 13.0. The Morgan fingerprint density at radius 2 is 1.85 bits per heavy atom. The van der Waals surface area contributed by atoms with Gasteiger partial charge in [0.05, 0.1) is 17.4 Å². The van der Waals surface area contributed by atoms with Gasteiger partial charge >= 0.3 is 0 Å². The number of nitrogens with one attached hydrogen (secondary N) is 1. The standard InChI is InChI=1S/C27H23FN4OS/c1-2-23(26(33)31-27-29-14-15-34-27)25(18-6-4-3-5-7-18)19-8-13-24-20(16-19)17-30-32(24)22-11-9-21(28)10-12-22/h3-17,23,25H,2H2,1H3,(H,29,31,33). The van der Waals surface area contributed by atoms with E-state index >= 15 is 0 Å². The second kappa shape index (κ2) is 9.57. The van der Waals surface area contributed by atoms with Gasteiger partial charge in [0.15, 0.2) is 5.13 Å². The summed E-state index contributed by atoms with van der Waals surface area (Å²) in [6, 6.07) is 22.5. The maximum Gasteiger partial charge on any atom is 0.230 e. The number of hydrogen-bond donors (Lipinski definition) is 1. The van der Waals surface area contributed by atoms with Crippen molar-refractivity contribution in [1.82, 2.24) is 14.8 Å². The van der Waals surface area contributed by atoms with E-state index in [1.807, 2.05) is 36.6 Å². The number of carbonyl (C=O) groups excluding carboxylic acids is 1. The van der Waals surface area contributed by atoms with Crippen LogP contribution in [0, 0.1) is 11.7 Å². The van der Waals surface area contributed by atoms with Crippen molar-refractivity contribution in [3.63, 3.8) is 0 Å².